The van der Waals surface area contributed by atoms with Crippen LogP contribution in [0.15, 0.2) is 61.1 Å². The molecule has 0 radical (unpaired) electrons. The lowest BCUT2D eigenvalue weighted by molar-refractivity contribution is -0.129. The quantitative estimate of drug-likeness (QED) is 0.672. The van der Waals surface area contributed by atoms with Gasteiger partial charge >= 0.3 is 0 Å². The maximum absolute atomic E-state index is 13.1. The van der Waals surface area contributed by atoms with Gasteiger partial charge in [-0.15, -0.1) is 0 Å². The molecule has 6 heteroatoms. The van der Waals surface area contributed by atoms with Crippen LogP contribution in [0.4, 0.5) is 5.69 Å². The molecule has 5 heterocycles. The van der Waals surface area contributed by atoms with E-state index in [-0.39, 0.29) is 11.4 Å². The predicted molar refractivity (Wildman–Crippen MR) is 117 cm³/mol. The molecule has 3 aromatic rings. The summed E-state index contributed by atoms with van der Waals surface area (Å²) in [6, 6.07) is 14.2. The van der Waals surface area contributed by atoms with Crippen LogP contribution in [-0.2, 0) is 16.8 Å². The Hall–Kier alpha value is -3.15. The number of hydrogen-bond donors (Lipinski definition) is 0. The summed E-state index contributed by atoms with van der Waals surface area (Å²) >= 11 is 0. The molecule has 0 bridgehead atoms. The summed E-state index contributed by atoms with van der Waals surface area (Å²) in [6.45, 7) is 6.85. The van der Waals surface area contributed by atoms with E-state index in [1.807, 2.05) is 35.4 Å². The van der Waals surface area contributed by atoms with Crippen molar-refractivity contribution >= 4 is 11.6 Å². The molecule has 0 N–H and O–H groups in total. The van der Waals surface area contributed by atoms with Crippen LogP contribution in [0.1, 0.15) is 31.7 Å². The fraction of sp³-hybridized carbons (Fsp3) is 0.375. The minimum atomic E-state index is -0.233. The van der Waals surface area contributed by atoms with E-state index in [2.05, 4.69) is 57.7 Å². The zero-order valence-electron chi connectivity index (χ0n) is 17.5. The first-order chi connectivity index (χ1) is 14.6. The second-order valence-corrected chi connectivity index (χ2v) is 8.71. The SMILES string of the molecule is CC(C)CN1c2cccnc2-n2cccc2[C@@]12CCN(C(=O)Cc1ccccn1)C2. The Balaban J connectivity index is 1.51. The second-order valence-electron chi connectivity index (χ2n) is 8.71. The van der Waals surface area contributed by atoms with Crippen molar-refractivity contribution < 1.29 is 4.79 Å². The van der Waals surface area contributed by atoms with Gasteiger partial charge in [0.1, 0.15) is 5.54 Å². The third-order valence-corrected chi connectivity index (χ3v) is 6.23. The Morgan fingerprint density at radius 1 is 1.10 bits per heavy atom. The molecule has 0 unspecified atom stereocenters. The normalized spacial score (nSPS) is 20.0. The van der Waals surface area contributed by atoms with Gasteiger partial charge in [0.05, 0.1) is 17.8 Å². The molecule has 1 spiro atoms. The van der Waals surface area contributed by atoms with Crippen molar-refractivity contribution in [3.8, 4) is 5.82 Å². The van der Waals surface area contributed by atoms with E-state index in [9.17, 15) is 4.79 Å². The molecule has 0 aromatic carbocycles. The maximum atomic E-state index is 13.1. The highest BCUT2D eigenvalue weighted by Crippen LogP contribution is 2.47. The summed E-state index contributed by atoms with van der Waals surface area (Å²) in [5.41, 5.74) is 2.96. The molecule has 1 amide bonds. The van der Waals surface area contributed by atoms with Gasteiger partial charge in [0.25, 0.3) is 0 Å². The first kappa shape index (κ1) is 18.9. The largest absolute Gasteiger partial charge is 0.355 e. The zero-order chi connectivity index (χ0) is 20.7. The highest BCUT2D eigenvalue weighted by molar-refractivity contribution is 5.79. The first-order valence-corrected chi connectivity index (χ1v) is 10.7. The van der Waals surface area contributed by atoms with Crippen molar-refractivity contribution in [2.75, 3.05) is 24.5 Å². The number of amides is 1. The Labute approximate surface area is 177 Å². The third-order valence-electron chi connectivity index (χ3n) is 6.23. The lowest BCUT2D eigenvalue weighted by Gasteiger charge is -2.47. The molecule has 2 aliphatic rings. The number of nitrogens with zero attached hydrogens (tertiary/aromatic N) is 5. The molecule has 1 atom stereocenters. The Morgan fingerprint density at radius 2 is 1.97 bits per heavy atom. The van der Waals surface area contributed by atoms with Crippen molar-refractivity contribution in [2.45, 2.75) is 32.2 Å². The van der Waals surface area contributed by atoms with Gasteiger partial charge in [-0.25, -0.2) is 4.98 Å². The number of carbonyl (C=O) groups excluding carboxylic acids is 1. The highest BCUT2D eigenvalue weighted by atomic mass is 16.2. The Morgan fingerprint density at radius 3 is 2.77 bits per heavy atom. The van der Waals surface area contributed by atoms with Gasteiger partial charge in [0, 0.05) is 43.9 Å². The molecule has 6 nitrogen and oxygen atoms in total. The number of anilines is 1. The third kappa shape index (κ3) is 2.98. The summed E-state index contributed by atoms with van der Waals surface area (Å²) in [6.07, 6.45) is 6.95. The number of fused-ring (bicyclic) bond motifs is 4. The van der Waals surface area contributed by atoms with Gasteiger partial charge in [-0.3, -0.25) is 9.78 Å². The highest BCUT2D eigenvalue weighted by Gasteiger charge is 2.50. The van der Waals surface area contributed by atoms with Crippen LogP contribution in [0.2, 0.25) is 0 Å². The van der Waals surface area contributed by atoms with Crippen LogP contribution in [0, 0.1) is 5.92 Å². The van der Waals surface area contributed by atoms with Crippen LogP contribution >= 0.6 is 0 Å². The maximum Gasteiger partial charge on any atom is 0.228 e. The monoisotopic (exact) mass is 401 g/mol. The molecule has 5 rings (SSSR count). The van der Waals surface area contributed by atoms with Crippen LogP contribution in [0.5, 0.6) is 0 Å². The smallest absolute Gasteiger partial charge is 0.228 e. The summed E-state index contributed by atoms with van der Waals surface area (Å²) in [7, 11) is 0. The molecule has 3 aromatic heterocycles. The molecule has 2 aliphatic heterocycles. The molecular formula is C24H27N5O. The van der Waals surface area contributed by atoms with Gasteiger partial charge in [0.2, 0.25) is 5.91 Å². The lowest BCUT2D eigenvalue weighted by atomic mass is 9.88. The van der Waals surface area contributed by atoms with E-state index in [0.717, 1.165) is 36.7 Å². The van der Waals surface area contributed by atoms with E-state index in [1.165, 1.54) is 5.69 Å². The number of carbonyl (C=O) groups is 1. The van der Waals surface area contributed by atoms with Gasteiger partial charge in [-0.2, -0.15) is 0 Å². The predicted octanol–water partition coefficient (Wildman–Crippen LogP) is 3.41. The summed E-state index contributed by atoms with van der Waals surface area (Å²) in [5.74, 6) is 1.61. The lowest BCUT2D eigenvalue weighted by Crippen LogP contribution is -2.54. The van der Waals surface area contributed by atoms with Crippen molar-refractivity contribution in [1.82, 2.24) is 19.4 Å². The summed E-state index contributed by atoms with van der Waals surface area (Å²) in [4.78, 5) is 26.7. The summed E-state index contributed by atoms with van der Waals surface area (Å²) in [5, 5.41) is 0. The minimum Gasteiger partial charge on any atom is -0.355 e. The van der Waals surface area contributed by atoms with Gasteiger partial charge < -0.3 is 14.4 Å². The Kier molecular flexibility index (Phi) is 4.57. The fourth-order valence-electron chi connectivity index (χ4n) is 4.94. The van der Waals surface area contributed by atoms with E-state index >= 15 is 0 Å². The van der Waals surface area contributed by atoms with Crippen molar-refractivity contribution in [3.05, 3.63) is 72.4 Å². The van der Waals surface area contributed by atoms with Crippen LogP contribution in [0.25, 0.3) is 5.82 Å². The molecular weight excluding hydrogens is 374 g/mol. The number of aromatic nitrogens is 3. The van der Waals surface area contributed by atoms with E-state index in [1.54, 1.807) is 6.20 Å². The number of pyridine rings is 2. The topological polar surface area (TPSA) is 54.3 Å². The molecule has 0 saturated carbocycles. The van der Waals surface area contributed by atoms with Gasteiger partial charge in [0.15, 0.2) is 5.82 Å². The fourth-order valence-corrected chi connectivity index (χ4v) is 4.94. The van der Waals surface area contributed by atoms with Crippen molar-refractivity contribution in [1.29, 1.82) is 0 Å². The average Bonchev–Trinajstić information content (AvgIpc) is 3.41. The standard InChI is InChI=1S/C24H27N5O/c1-18(2)16-29-20-8-5-12-26-23(20)28-13-6-9-21(28)24(29)10-14-27(17-24)22(30)15-19-7-3-4-11-25-19/h3-9,11-13,18H,10,14-17H2,1-2H3/t24-/m0/s1. The van der Waals surface area contributed by atoms with Crippen molar-refractivity contribution in [3.63, 3.8) is 0 Å². The number of hydrogen-bond acceptors (Lipinski definition) is 4. The molecule has 30 heavy (non-hydrogen) atoms. The first-order valence-electron chi connectivity index (χ1n) is 10.7. The minimum absolute atomic E-state index is 0.144. The second kappa shape index (κ2) is 7.27. The average molecular weight is 402 g/mol. The Bertz CT molecular complexity index is 1060. The van der Waals surface area contributed by atoms with E-state index in [0.29, 0.717) is 18.9 Å². The van der Waals surface area contributed by atoms with Crippen molar-refractivity contribution in [2.24, 2.45) is 5.92 Å². The molecule has 1 fully saturated rings. The number of rotatable bonds is 4. The zero-order valence-corrected chi connectivity index (χ0v) is 17.5. The van der Waals surface area contributed by atoms with Crippen LogP contribution in [0.3, 0.4) is 0 Å². The van der Waals surface area contributed by atoms with E-state index < -0.39 is 0 Å². The van der Waals surface area contributed by atoms with Gasteiger partial charge in [-0.1, -0.05) is 19.9 Å². The van der Waals surface area contributed by atoms with E-state index in [4.69, 9.17) is 0 Å². The molecule has 0 aliphatic carbocycles. The molecule has 154 valence electrons. The van der Waals surface area contributed by atoms with Crippen LogP contribution in [-0.4, -0.2) is 45.0 Å². The van der Waals surface area contributed by atoms with Gasteiger partial charge in [-0.05, 0) is 48.7 Å². The number of likely N-dealkylation sites (tertiary alicyclic amines) is 1. The summed E-state index contributed by atoms with van der Waals surface area (Å²) < 4.78 is 2.21. The van der Waals surface area contributed by atoms with Crippen LogP contribution < -0.4 is 4.90 Å². The molecule has 1 saturated heterocycles.